The van der Waals surface area contributed by atoms with Gasteiger partial charge in [-0.2, -0.15) is 0 Å². The normalized spacial score (nSPS) is 21.4. The molecule has 1 aromatic heterocycles. The van der Waals surface area contributed by atoms with Gasteiger partial charge in [0.1, 0.15) is 4.21 Å². The van der Waals surface area contributed by atoms with Crippen LogP contribution in [-0.2, 0) is 14.8 Å². The molecule has 2 fully saturated rings. The molecule has 1 saturated carbocycles. The third-order valence-corrected chi connectivity index (χ3v) is 7.51. The molecule has 0 bridgehead atoms. The van der Waals surface area contributed by atoms with Crippen LogP contribution in [0.1, 0.15) is 38.5 Å². The number of sulfonamides is 1. The van der Waals surface area contributed by atoms with Crippen molar-refractivity contribution in [1.29, 1.82) is 0 Å². The Balaban J connectivity index is 1.52. The molecule has 7 heteroatoms. The topological polar surface area (TPSA) is 66.5 Å². The Bertz CT molecular complexity index is 599. The maximum atomic E-state index is 12.4. The summed E-state index contributed by atoms with van der Waals surface area (Å²) in [6, 6.07) is 3.29. The Labute approximate surface area is 135 Å². The maximum Gasteiger partial charge on any atom is 0.250 e. The molecule has 5 nitrogen and oxygen atoms in total. The van der Waals surface area contributed by atoms with Crippen LogP contribution in [0.3, 0.4) is 0 Å². The fourth-order valence-electron chi connectivity index (χ4n) is 3.34. The fraction of sp³-hybridized carbons (Fsp3) is 0.667. The van der Waals surface area contributed by atoms with Gasteiger partial charge < -0.3 is 4.90 Å². The van der Waals surface area contributed by atoms with Gasteiger partial charge in [0, 0.05) is 25.0 Å². The maximum absolute atomic E-state index is 12.4. The summed E-state index contributed by atoms with van der Waals surface area (Å²) in [5.74, 6) is 0.483. The van der Waals surface area contributed by atoms with Gasteiger partial charge in [-0.3, -0.25) is 4.79 Å². The molecule has 122 valence electrons. The van der Waals surface area contributed by atoms with Crippen LogP contribution in [0.4, 0.5) is 0 Å². The van der Waals surface area contributed by atoms with Crippen molar-refractivity contribution < 1.29 is 13.2 Å². The highest BCUT2D eigenvalue weighted by Gasteiger charge is 2.31. The molecule has 22 heavy (non-hydrogen) atoms. The molecule has 1 saturated heterocycles. The highest BCUT2D eigenvalue weighted by molar-refractivity contribution is 7.91. The van der Waals surface area contributed by atoms with Gasteiger partial charge in [0.05, 0.1) is 0 Å². The Hall–Kier alpha value is -0.920. The minimum atomic E-state index is -3.40. The second-order valence-corrected chi connectivity index (χ2v) is 9.02. The highest BCUT2D eigenvalue weighted by Crippen LogP contribution is 2.28. The summed E-state index contributed by atoms with van der Waals surface area (Å²) in [6.07, 6.45) is 5.75. The summed E-state index contributed by atoms with van der Waals surface area (Å²) < 4.78 is 27.5. The fourth-order valence-corrected chi connectivity index (χ4v) is 5.66. The largest absolute Gasteiger partial charge is 0.342 e. The van der Waals surface area contributed by atoms with Crippen LogP contribution in [0.5, 0.6) is 0 Å². The number of piperidine rings is 1. The molecular formula is C15H22N2O3S2. The molecule has 1 aromatic rings. The molecule has 0 aromatic carbocycles. The van der Waals surface area contributed by atoms with E-state index in [1.807, 2.05) is 4.90 Å². The predicted octanol–water partition coefficient (Wildman–Crippen LogP) is 2.21. The van der Waals surface area contributed by atoms with E-state index in [1.165, 1.54) is 11.3 Å². The minimum absolute atomic E-state index is 0.0697. The Morgan fingerprint density at radius 3 is 2.45 bits per heavy atom. The summed E-state index contributed by atoms with van der Waals surface area (Å²) in [5, 5.41) is 1.76. The van der Waals surface area contributed by atoms with Gasteiger partial charge in [-0.15, -0.1) is 11.3 Å². The second-order valence-electron chi connectivity index (χ2n) is 6.13. The number of carbonyl (C=O) groups is 1. The lowest BCUT2D eigenvalue weighted by molar-refractivity contribution is -0.136. The Morgan fingerprint density at radius 2 is 1.86 bits per heavy atom. The molecule has 3 rings (SSSR count). The number of amides is 1. The van der Waals surface area contributed by atoms with Crippen molar-refractivity contribution in [1.82, 2.24) is 9.62 Å². The van der Waals surface area contributed by atoms with E-state index in [-0.39, 0.29) is 17.9 Å². The zero-order valence-corrected chi connectivity index (χ0v) is 14.2. The zero-order chi connectivity index (χ0) is 15.6. The van der Waals surface area contributed by atoms with Crippen molar-refractivity contribution in [2.24, 2.45) is 5.92 Å². The van der Waals surface area contributed by atoms with E-state index in [4.69, 9.17) is 0 Å². The third-order valence-electron chi connectivity index (χ3n) is 4.59. The predicted molar refractivity (Wildman–Crippen MR) is 86.2 cm³/mol. The first-order valence-electron chi connectivity index (χ1n) is 7.91. The summed E-state index contributed by atoms with van der Waals surface area (Å²) in [5.41, 5.74) is 0. The van der Waals surface area contributed by atoms with Crippen LogP contribution in [0.15, 0.2) is 21.7 Å². The van der Waals surface area contributed by atoms with Crippen molar-refractivity contribution >= 4 is 27.3 Å². The van der Waals surface area contributed by atoms with Crippen molar-refractivity contribution in [2.75, 3.05) is 13.1 Å². The molecule has 0 spiro atoms. The molecule has 1 aliphatic heterocycles. The van der Waals surface area contributed by atoms with Gasteiger partial charge in [0.25, 0.3) is 0 Å². The molecule has 0 unspecified atom stereocenters. The van der Waals surface area contributed by atoms with Crippen LogP contribution in [0.25, 0.3) is 0 Å². The number of hydrogen-bond donors (Lipinski definition) is 1. The van der Waals surface area contributed by atoms with Gasteiger partial charge in [-0.05, 0) is 37.1 Å². The summed E-state index contributed by atoms with van der Waals surface area (Å²) in [6.45, 7) is 1.32. The van der Waals surface area contributed by atoms with Gasteiger partial charge in [0.2, 0.25) is 15.9 Å². The average Bonchev–Trinajstić information content (AvgIpc) is 3.20. The first kappa shape index (κ1) is 16.0. The number of thiophene rings is 1. The number of nitrogens with one attached hydrogen (secondary N) is 1. The summed E-state index contributed by atoms with van der Waals surface area (Å²) in [4.78, 5) is 14.3. The number of hydrogen-bond acceptors (Lipinski definition) is 4. The molecule has 2 aliphatic rings. The standard InChI is InChI=1S/C15H22N2O3S2/c18-15(12-4-1-2-5-12)17-9-7-13(8-10-17)16-22(19,20)14-6-3-11-21-14/h3,6,11-13,16H,1-2,4-5,7-10H2. The van der Waals surface area contributed by atoms with E-state index in [9.17, 15) is 13.2 Å². The number of carbonyl (C=O) groups excluding carboxylic acids is 1. The number of nitrogens with zero attached hydrogens (tertiary/aromatic N) is 1. The summed E-state index contributed by atoms with van der Waals surface area (Å²) >= 11 is 1.23. The molecule has 1 aliphatic carbocycles. The highest BCUT2D eigenvalue weighted by atomic mass is 32.2. The third kappa shape index (κ3) is 3.52. The van der Waals surface area contributed by atoms with Crippen LogP contribution >= 0.6 is 11.3 Å². The quantitative estimate of drug-likeness (QED) is 0.912. The molecule has 0 radical (unpaired) electrons. The van der Waals surface area contributed by atoms with Crippen LogP contribution in [0, 0.1) is 5.92 Å². The van der Waals surface area contributed by atoms with Crippen LogP contribution in [-0.4, -0.2) is 38.4 Å². The van der Waals surface area contributed by atoms with E-state index in [0.29, 0.717) is 30.1 Å². The van der Waals surface area contributed by atoms with E-state index < -0.39 is 10.0 Å². The second kappa shape index (κ2) is 6.68. The molecule has 1 N–H and O–H groups in total. The Kier molecular flexibility index (Phi) is 4.84. The molecule has 0 atom stereocenters. The van der Waals surface area contributed by atoms with Gasteiger partial charge in [0.15, 0.2) is 0 Å². The van der Waals surface area contributed by atoms with Gasteiger partial charge >= 0.3 is 0 Å². The SMILES string of the molecule is O=C(C1CCCC1)N1CCC(NS(=O)(=O)c2cccs2)CC1. The van der Waals surface area contributed by atoms with Crippen molar-refractivity contribution in [3.8, 4) is 0 Å². The Morgan fingerprint density at radius 1 is 1.18 bits per heavy atom. The van der Waals surface area contributed by atoms with Crippen molar-refractivity contribution in [3.05, 3.63) is 17.5 Å². The number of likely N-dealkylation sites (tertiary alicyclic amines) is 1. The van der Waals surface area contributed by atoms with E-state index in [0.717, 1.165) is 25.7 Å². The van der Waals surface area contributed by atoms with Gasteiger partial charge in [-0.25, -0.2) is 13.1 Å². The zero-order valence-electron chi connectivity index (χ0n) is 12.5. The van der Waals surface area contributed by atoms with Crippen LogP contribution < -0.4 is 4.72 Å². The number of rotatable bonds is 4. The van der Waals surface area contributed by atoms with Crippen LogP contribution in [0.2, 0.25) is 0 Å². The van der Waals surface area contributed by atoms with E-state index in [2.05, 4.69) is 4.72 Å². The lowest BCUT2D eigenvalue weighted by Gasteiger charge is -2.33. The monoisotopic (exact) mass is 342 g/mol. The average molecular weight is 342 g/mol. The van der Waals surface area contributed by atoms with Crippen molar-refractivity contribution in [3.63, 3.8) is 0 Å². The minimum Gasteiger partial charge on any atom is -0.342 e. The molecular weight excluding hydrogens is 320 g/mol. The lowest BCUT2D eigenvalue weighted by Crippen LogP contribution is -2.47. The van der Waals surface area contributed by atoms with E-state index in [1.54, 1.807) is 17.5 Å². The molecule has 2 heterocycles. The molecule has 1 amide bonds. The smallest absolute Gasteiger partial charge is 0.250 e. The van der Waals surface area contributed by atoms with Gasteiger partial charge in [-0.1, -0.05) is 18.9 Å². The lowest BCUT2D eigenvalue weighted by atomic mass is 10.0. The first-order chi connectivity index (χ1) is 10.6. The van der Waals surface area contributed by atoms with E-state index >= 15 is 0 Å². The first-order valence-corrected chi connectivity index (χ1v) is 10.3. The summed E-state index contributed by atoms with van der Waals surface area (Å²) in [7, 11) is -3.40. The van der Waals surface area contributed by atoms with Crippen molar-refractivity contribution in [2.45, 2.75) is 48.8 Å².